The number of nitrogens with two attached hydrogens (primary N) is 1. The van der Waals surface area contributed by atoms with E-state index in [2.05, 4.69) is 13.8 Å². The fraction of sp³-hybridized carbons (Fsp3) is 0.625. The minimum absolute atomic E-state index is 0.0197. The predicted octanol–water partition coefficient (Wildman–Crippen LogP) is 4.34. The molecule has 1 aromatic carbocycles. The zero-order chi connectivity index (χ0) is 15.7. The van der Waals surface area contributed by atoms with Crippen LogP contribution in [0.3, 0.4) is 0 Å². The molecule has 0 heterocycles. The van der Waals surface area contributed by atoms with Gasteiger partial charge >= 0.3 is 0 Å². The molecule has 1 fully saturated rings. The average Bonchev–Trinajstić information content (AvgIpc) is 2.43. The van der Waals surface area contributed by atoms with Crippen LogP contribution >= 0.6 is 11.6 Å². The highest BCUT2D eigenvalue weighted by Gasteiger charge is 2.38. The van der Waals surface area contributed by atoms with E-state index in [-0.39, 0.29) is 16.0 Å². The van der Waals surface area contributed by atoms with Crippen LogP contribution < -0.4 is 5.73 Å². The van der Waals surface area contributed by atoms with Gasteiger partial charge in [0, 0.05) is 16.7 Å². The van der Waals surface area contributed by atoms with E-state index in [0.29, 0.717) is 23.4 Å². The molecule has 0 bridgehead atoms. The molecule has 2 rings (SSSR count). The van der Waals surface area contributed by atoms with Gasteiger partial charge in [0.2, 0.25) is 0 Å². The van der Waals surface area contributed by atoms with Gasteiger partial charge in [-0.25, -0.2) is 0 Å². The molecule has 5 heteroatoms. The Morgan fingerprint density at radius 3 is 2.43 bits per heavy atom. The first-order chi connectivity index (χ1) is 9.77. The van der Waals surface area contributed by atoms with Crippen molar-refractivity contribution < 1.29 is 4.92 Å². The van der Waals surface area contributed by atoms with E-state index in [1.54, 1.807) is 12.1 Å². The van der Waals surface area contributed by atoms with E-state index >= 15 is 0 Å². The number of hydrogen-bond donors (Lipinski definition) is 1. The number of halogens is 1. The van der Waals surface area contributed by atoms with E-state index in [1.165, 1.54) is 6.07 Å². The third-order valence-electron chi connectivity index (χ3n) is 4.91. The van der Waals surface area contributed by atoms with Gasteiger partial charge in [0.1, 0.15) is 0 Å². The van der Waals surface area contributed by atoms with Crippen molar-refractivity contribution in [1.82, 2.24) is 0 Å². The van der Waals surface area contributed by atoms with Gasteiger partial charge in [-0.05, 0) is 55.5 Å². The molecule has 1 aromatic rings. The largest absolute Gasteiger partial charge is 0.330 e. The Labute approximate surface area is 130 Å². The van der Waals surface area contributed by atoms with E-state index in [9.17, 15) is 10.1 Å². The molecule has 0 atom stereocenters. The van der Waals surface area contributed by atoms with Gasteiger partial charge < -0.3 is 5.73 Å². The molecule has 0 unspecified atom stereocenters. The molecular formula is C16H23ClN2O2. The summed E-state index contributed by atoms with van der Waals surface area (Å²) in [5.74, 6) is 0. The van der Waals surface area contributed by atoms with Gasteiger partial charge in [-0.3, -0.25) is 10.1 Å². The molecule has 0 radical (unpaired) electrons. The van der Waals surface area contributed by atoms with Crippen LogP contribution in [-0.4, -0.2) is 11.5 Å². The number of nitro benzene ring substituents is 1. The van der Waals surface area contributed by atoms with E-state index < -0.39 is 0 Å². The summed E-state index contributed by atoms with van der Waals surface area (Å²) in [7, 11) is 0. The molecule has 0 aliphatic heterocycles. The zero-order valence-electron chi connectivity index (χ0n) is 12.7. The van der Waals surface area contributed by atoms with Crippen LogP contribution in [0.1, 0.15) is 45.1 Å². The molecular weight excluding hydrogens is 288 g/mol. The maximum Gasteiger partial charge on any atom is 0.274 e. The van der Waals surface area contributed by atoms with Gasteiger partial charge in [0.05, 0.1) is 4.92 Å². The molecule has 4 nitrogen and oxygen atoms in total. The third kappa shape index (κ3) is 3.74. The van der Waals surface area contributed by atoms with Gasteiger partial charge in [0.15, 0.2) is 0 Å². The SMILES string of the molecule is CC1(C)CCC(CN)(Cc2ccc(Cl)cc2[N+](=O)[O-])CC1. The number of nitro groups is 1. The number of benzene rings is 1. The first-order valence-electron chi connectivity index (χ1n) is 7.40. The highest BCUT2D eigenvalue weighted by atomic mass is 35.5. The lowest BCUT2D eigenvalue weighted by molar-refractivity contribution is -0.385. The molecule has 0 amide bonds. The maximum atomic E-state index is 11.2. The van der Waals surface area contributed by atoms with Gasteiger partial charge in [-0.15, -0.1) is 0 Å². The summed E-state index contributed by atoms with van der Waals surface area (Å²) in [4.78, 5) is 10.9. The molecule has 21 heavy (non-hydrogen) atoms. The van der Waals surface area contributed by atoms with Crippen molar-refractivity contribution in [2.45, 2.75) is 46.0 Å². The summed E-state index contributed by atoms with van der Waals surface area (Å²) in [6, 6.07) is 4.94. The predicted molar refractivity (Wildman–Crippen MR) is 85.5 cm³/mol. The molecule has 1 aliphatic carbocycles. The standard InChI is InChI=1S/C16H23ClN2O2/c1-15(2)5-7-16(11-18,8-6-15)10-12-3-4-13(17)9-14(12)19(20)21/h3-4,9H,5-8,10-11,18H2,1-2H3. The van der Waals surface area contributed by atoms with Crippen molar-refractivity contribution in [1.29, 1.82) is 0 Å². The fourth-order valence-corrected chi connectivity index (χ4v) is 3.34. The molecule has 0 spiro atoms. The fourth-order valence-electron chi connectivity index (χ4n) is 3.17. The normalized spacial score (nSPS) is 20.2. The molecule has 2 N–H and O–H groups in total. The second kappa shape index (κ2) is 5.93. The lowest BCUT2D eigenvalue weighted by Gasteiger charge is -2.43. The maximum absolute atomic E-state index is 11.2. The van der Waals surface area contributed by atoms with E-state index in [0.717, 1.165) is 31.2 Å². The Kier molecular flexibility index (Phi) is 4.59. The minimum Gasteiger partial charge on any atom is -0.330 e. The van der Waals surface area contributed by atoms with Crippen molar-refractivity contribution in [2.24, 2.45) is 16.6 Å². The highest BCUT2D eigenvalue weighted by Crippen LogP contribution is 2.47. The van der Waals surface area contributed by atoms with Gasteiger partial charge in [-0.2, -0.15) is 0 Å². The molecule has 1 saturated carbocycles. The minimum atomic E-state index is -0.349. The van der Waals surface area contributed by atoms with Crippen LogP contribution in [0, 0.1) is 20.9 Å². The average molecular weight is 311 g/mol. The van der Waals surface area contributed by atoms with Crippen LogP contribution in [0.15, 0.2) is 18.2 Å². The second-order valence-corrected chi connectivity index (χ2v) is 7.51. The van der Waals surface area contributed by atoms with Crippen LogP contribution in [-0.2, 0) is 6.42 Å². The van der Waals surface area contributed by atoms with Crippen molar-refractivity contribution >= 4 is 17.3 Å². The Hall–Kier alpha value is -1.13. The quantitative estimate of drug-likeness (QED) is 0.664. The Morgan fingerprint density at radius 1 is 1.29 bits per heavy atom. The monoisotopic (exact) mass is 310 g/mol. The number of nitrogens with zero attached hydrogens (tertiary/aromatic N) is 1. The number of hydrogen-bond acceptors (Lipinski definition) is 3. The highest BCUT2D eigenvalue weighted by molar-refractivity contribution is 6.30. The summed E-state index contributed by atoms with van der Waals surface area (Å²) < 4.78 is 0. The van der Waals surface area contributed by atoms with Crippen molar-refractivity contribution in [3.8, 4) is 0 Å². The van der Waals surface area contributed by atoms with Crippen LogP contribution in [0.2, 0.25) is 5.02 Å². The topological polar surface area (TPSA) is 69.2 Å². The summed E-state index contributed by atoms with van der Waals surface area (Å²) in [6.07, 6.45) is 4.94. The van der Waals surface area contributed by atoms with Crippen LogP contribution in [0.25, 0.3) is 0 Å². The third-order valence-corrected chi connectivity index (χ3v) is 5.14. The van der Waals surface area contributed by atoms with E-state index in [1.807, 2.05) is 0 Å². The van der Waals surface area contributed by atoms with Crippen LogP contribution in [0.5, 0.6) is 0 Å². The van der Waals surface area contributed by atoms with Gasteiger partial charge in [0.25, 0.3) is 5.69 Å². The first kappa shape index (κ1) is 16.2. The molecule has 1 aliphatic rings. The van der Waals surface area contributed by atoms with Crippen molar-refractivity contribution in [2.75, 3.05) is 6.54 Å². The second-order valence-electron chi connectivity index (χ2n) is 7.08. The Morgan fingerprint density at radius 2 is 1.90 bits per heavy atom. The molecule has 0 aromatic heterocycles. The molecule has 0 saturated heterocycles. The first-order valence-corrected chi connectivity index (χ1v) is 7.78. The zero-order valence-corrected chi connectivity index (χ0v) is 13.4. The van der Waals surface area contributed by atoms with Gasteiger partial charge in [-0.1, -0.05) is 31.5 Å². The summed E-state index contributed by atoms with van der Waals surface area (Å²) in [6.45, 7) is 5.12. The van der Waals surface area contributed by atoms with Crippen molar-refractivity contribution in [3.63, 3.8) is 0 Å². The Bertz CT molecular complexity index is 533. The summed E-state index contributed by atoms with van der Waals surface area (Å²) in [5.41, 5.74) is 7.22. The Balaban J connectivity index is 2.25. The smallest absolute Gasteiger partial charge is 0.274 e. The van der Waals surface area contributed by atoms with Crippen LogP contribution in [0.4, 0.5) is 5.69 Å². The van der Waals surface area contributed by atoms with E-state index in [4.69, 9.17) is 17.3 Å². The van der Waals surface area contributed by atoms with Crippen molar-refractivity contribution in [3.05, 3.63) is 38.9 Å². The molecule has 116 valence electrons. The summed E-state index contributed by atoms with van der Waals surface area (Å²) >= 11 is 5.88. The lowest BCUT2D eigenvalue weighted by Crippen LogP contribution is -2.39. The summed E-state index contributed by atoms with van der Waals surface area (Å²) in [5, 5.41) is 11.6. The lowest BCUT2D eigenvalue weighted by atomic mass is 9.63. The number of rotatable bonds is 4.